The van der Waals surface area contributed by atoms with Crippen LogP contribution in [0.3, 0.4) is 0 Å². The van der Waals surface area contributed by atoms with Crippen LogP contribution in [0.15, 0.2) is 47.6 Å². The zero-order chi connectivity index (χ0) is 48.8. The van der Waals surface area contributed by atoms with E-state index in [1.54, 1.807) is 41.1 Å². The fourth-order valence-corrected chi connectivity index (χ4v) is 10.1. The molecule has 0 bridgehead atoms. The highest BCUT2D eigenvalue weighted by Crippen LogP contribution is 2.37. The van der Waals surface area contributed by atoms with Crippen LogP contribution < -0.4 is 0 Å². The lowest BCUT2D eigenvalue weighted by Crippen LogP contribution is -2.58. The van der Waals surface area contributed by atoms with Gasteiger partial charge in [0.25, 0.3) is 11.7 Å². The number of piperidine rings is 1. The predicted octanol–water partition coefficient (Wildman–Crippen LogP) is 8.31. The minimum absolute atomic E-state index is 0.0579. The highest BCUT2D eigenvalue weighted by molar-refractivity contribution is 6.39. The molecule has 12 heteroatoms. The van der Waals surface area contributed by atoms with Crippen LogP contribution in [0.25, 0.3) is 0 Å². The van der Waals surface area contributed by atoms with Gasteiger partial charge in [-0.2, -0.15) is 0 Å². The average Bonchev–Trinajstić information content (AvgIpc) is 3.28. The van der Waals surface area contributed by atoms with Crippen LogP contribution in [-0.2, 0) is 38.2 Å². The van der Waals surface area contributed by atoms with Crippen molar-refractivity contribution in [1.82, 2.24) is 4.90 Å². The van der Waals surface area contributed by atoms with Crippen molar-refractivity contribution in [2.24, 2.45) is 53.3 Å². The second-order valence-corrected chi connectivity index (χ2v) is 20.5. The lowest BCUT2D eigenvalue weighted by atomic mass is 9.76. The van der Waals surface area contributed by atoms with E-state index in [1.807, 2.05) is 58.1 Å². The smallest absolute Gasteiger partial charge is 0.329 e. The first-order valence-electron chi connectivity index (χ1n) is 24.5. The van der Waals surface area contributed by atoms with E-state index in [-0.39, 0.29) is 79.2 Å². The standard InChI is InChI=1S/C53H85NO11/c1-32-18-14-13-15-19-34(3)45(63-11)27-33(2)21-23-40(9)53(61,62)50(58)51(59)54-25-17-16-20-43(54)52(60)65-47(37(6)29-42-24-22-35(4)46(30-42)64-12)31-44(55)36(5)28-39(8)49(57)41(10)48(56)38(7)26-32/h13-15,18-19,28,32-33,35-38,40-43,45-47,49,57,61-62H,16-17,20-27,29-31H2,1-12H3/b15-13+,18-14+,34-19+,39-28+/t32-,33+,35-,36-,37-,38+,40-,41+,42+,43+,45-,46-,47+,49-/m1/s1. The van der Waals surface area contributed by atoms with Gasteiger partial charge >= 0.3 is 5.97 Å². The number of carbonyl (C=O) groups is 5. The molecule has 14 atom stereocenters. The lowest BCUT2D eigenvalue weighted by Gasteiger charge is -2.38. The SMILES string of the molecule is CO[C@@H]1C[C@@H](C)CC[C@@H](C)C(O)(O)C(=O)C(=O)N2CCCC[C@H]2C(=O)O[C@H]([C@H](C)C[C@@H]2CC[C@@H](C)[C@H](OC)C2)CC(=O)[C@H](C)/C=C(\C)[C@@H](O)[C@@H](C)C(=O)[C@@H](C)C[C@H](C)/C=C/C=C/C=C/1C. The Hall–Kier alpha value is -3.29. The average molecular weight is 912 g/mol. The first-order valence-corrected chi connectivity index (χ1v) is 24.5. The van der Waals surface area contributed by atoms with Gasteiger partial charge in [-0.1, -0.05) is 98.3 Å². The number of ether oxygens (including phenoxy) is 3. The fourth-order valence-electron chi connectivity index (χ4n) is 10.1. The molecule has 65 heavy (non-hydrogen) atoms. The maximum absolute atomic E-state index is 14.3. The zero-order valence-electron chi connectivity index (χ0n) is 41.8. The Kier molecular flexibility index (Phi) is 22.7. The molecule has 3 N–H and O–H groups in total. The number of rotatable bonds is 5. The van der Waals surface area contributed by atoms with Crippen LogP contribution in [0.4, 0.5) is 0 Å². The molecule has 1 saturated heterocycles. The van der Waals surface area contributed by atoms with Crippen molar-refractivity contribution >= 4 is 29.2 Å². The van der Waals surface area contributed by atoms with Gasteiger partial charge in [-0.3, -0.25) is 19.2 Å². The van der Waals surface area contributed by atoms with E-state index in [0.29, 0.717) is 50.0 Å². The molecule has 0 spiro atoms. The molecule has 368 valence electrons. The van der Waals surface area contributed by atoms with Gasteiger partial charge in [-0.05, 0) is 119 Å². The van der Waals surface area contributed by atoms with Crippen LogP contribution in [-0.4, -0.2) is 106 Å². The summed E-state index contributed by atoms with van der Waals surface area (Å²) in [5.41, 5.74) is 1.51. The van der Waals surface area contributed by atoms with E-state index in [4.69, 9.17) is 14.2 Å². The van der Waals surface area contributed by atoms with E-state index < -0.39 is 59.5 Å². The number of allylic oxidation sites excluding steroid dienone is 6. The first-order chi connectivity index (χ1) is 30.5. The van der Waals surface area contributed by atoms with Crippen molar-refractivity contribution in [3.63, 3.8) is 0 Å². The molecule has 0 radical (unpaired) electrons. The van der Waals surface area contributed by atoms with Crippen molar-refractivity contribution in [1.29, 1.82) is 0 Å². The van der Waals surface area contributed by atoms with E-state index in [1.165, 1.54) is 6.92 Å². The molecule has 2 fully saturated rings. The normalized spacial score (nSPS) is 38.5. The molecule has 12 nitrogen and oxygen atoms in total. The zero-order valence-corrected chi connectivity index (χ0v) is 41.8. The quantitative estimate of drug-likeness (QED) is 0.105. The minimum Gasteiger partial charge on any atom is -0.460 e. The van der Waals surface area contributed by atoms with Crippen LogP contribution >= 0.6 is 0 Å². The number of hydrogen-bond acceptors (Lipinski definition) is 11. The maximum Gasteiger partial charge on any atom is 0.329 e. The number of Topliss-reactive ketones (excluding diaryl/α,β-unsaturated/α-hetero) is 3. The first kappa shape index (κ1) is 56.0. The van der Waals surface area contributed by atoms with Crippen LogP contribution in [0, 0.1) is 53.3 Å². The Labute approximate surface area is 390 Å². The Balaban J connectivity index is 1.98. The van der Waals surface area contributed by atoms with Gasteiger partial charge in [0.05, 0.1) is 18.3 Å². The molecular formula is C53H85NO11. The number of amides is 1. The molecule has 3 aliphatic rings. The molecule has 0 aromatic carbocycles. The Morgan fingerprint density at radius 2 is 1.52 bits per heavy atom. The molecular weight excluding hydrogens is 827 g/mol. The second kappa shape index (κ2) is 26.3. The summed E-state index contributed by atoms with van der Waals surface area (Å²) in [6.45, 7) is 18.9. The van der Waals surface area contributed by atoms with Crippen LogP contribution in [0.1, 0.15) is 146 Å². The molecule has 2 aliphatic heterocycles. The summed E-state index contributed by atoms with van der Waals surface area (Å²) in [4.78, 5) is 70.7. The van der Waals surface area contributed by atoms with Gasteiger partial charge < -0.3 is 34.4 Å². The summed E-state index contributed by atoms with van der Waals surface area (Å²) in [6, 6.07) is -1.15. The maximum atomic E-state index is 14.3. The van der Waals surface area contributed by atoms with Gasteiger partial charge in [-0.15, -0.1) is 0 Å². The van der Waals surface area contributed by atoms with Gasteiger partial charge in [0, 0.05) is 50.9 Å². The summed E-state index contributed by atoms with van der Waals surface area (Å²) in [7, 11) is 3.37. The van der Waals surface area contributed by atoms with Gasteiger partial charge in [0.1, 0.15) is 23.7 Å². The Morgan fingerprint density at radius 1 is 0.831 bits per heavy atom. The van der Waals surface area contributed by atoms with Gasteiger partial charge in [-0.25, -0.2) is 4.79 Å². The highest BCUT2D eigenvalue weighted by atomic mass is 16.5. The summed E-state index contributed by atoms with van der Waals surface area (Å²) >= 11 is 0. The van der Waals surface area contributed by atoms with Crippen molar-refractivity contribution in [3.8, 4) is 0 Å². The number of nitrogens with zero attached hydrogens (tertiary/aromatic N) is 1. The van der Waals surface area contributed by atoms with Crippen LogP contribution in [0.5, 0.6) is 0 Å². The van der Waals surface area contributed by atoms with Crippen LogP contribution in [0.2, 0.25) is 0 Å². The largest absolute Gasteiger partial charge is 0.460 e. The lowest BCUT2D eigenvalue weighted by molar-refractivity contribution is -0.205. The van der Waals surface area contributed by atoms with E-state index in [2.05, 4.69) is 13.8 Å². The number of aliphatic hydroxyl groups is 3. The third-order valence-corrected chi connectivity index (χ3v) is 14.9. The number of esters is 1. The fraction of sp³-hybridized carbons (Fsp3) is 0.755. The molecule has 0 aromatic rings. The Bertz CT molecular complexity index is 1710. The van der Waals surface area contributed by atoms with Gasteiger partial charge in [0.15, 0.2) is 0 Å². The monoisotopic (exact) mass is 912 g/mol. The minimum atomic E-state index is -2.96. The molecule has 3 rings (SSSR count). The van der Waals surface area contributed by atoms with Crippen molar-refractivity contribution in [2.75, 3.05) is 20.8 Å². The number of fused-ring (bicyclic) bond motifs is 1. The van der Waals surface area contributed by atoms with E-state index in [0.717, 1.165) is 29.7 Å². The summed E-state index contributed by atoms with van der Waals surface area (Å²) < 4.78 is 17.9. The van der Waals surface area contributed by atoms with Crippen molar-refractivity contribution in [3.05, 3.63) is 47.6 Å². The topological polar surface area (TPSA) is 177 Å². The Morgan fingerprint density at radius 3 is 2.18 bits per heavy atom. The van der Waals surface area contributed by atoms with Crippen molar-refractivity contribution < 1.29 is 53.5 Å². The van der Waals surface area contributed by atoms with E-state index in [9.17, 15) is 39.3 Å². The summed E-state index contributed by atoms with van der Waals surface area (Å²) in [5.74, 6) is -8.59. The number of cyclic esters (lactones) is 1. The third-order valence-electron chi connectivity index (χ3n) is 14.9. The number of methoxy groups -OCH3 is 2. The highest BCUT2D eigenvalue weighted by Gasteiger charge is 2.48. The number of hydrogen-bond donors (Lipinski definition) is 3. The second-order valence-electron chi connectivity index (χ2n) is 20.5. The molecule has 0 unspecified atom stereocenters. The van der Waals surface area contributed by atoms with Gasteiger partial charge in [0.2, 0.25) is 5.79 Å². The molecule has 0 aromatic heterocycles. The molecule has 1 amide bonds. The molecule has 1 saturated carbocycles. The number of carbonyl (C=O) groups excluding carboxylic acids is 5. The van der Waals surface area contributed by atoms with E-state index >= 15 is 0 Å². The number of aliphatic hydroxyl groups excluding tert-OH is 1. The molecule has 2 heterocycles. The summed E-state index contributed by atoms with van der Waals surface area (Å²) in [5, 5.41) is 33.9. The number of ketones is 3. The third kappa shape index (κ3) is 16.2. The molecule has 1 aliphatic carbocycles. The predicted molar refractivity (Wildman–Crippen MR) is 253 cm³/mol. The van der Waals surface area contributed by atoms with Crippen molar-refractivity contribution in [2.45, 2.75) is 183 Å². The summed E-state index contributed by atoms with van der Waals surface area (Å²) in [6.07, 6.45) is 16.2.